The van der Waals surface area contributed by atoms with Crippen LogP contribution >= 0.6 is 11.6 Å². The van der Waals surface area contributed by atoms with E-state index in [0.717, 1.165) is 43.4 Å². The van der Waals surface area contributed by atoms with Crippen LogP contribution in [0.1, 0.15) is 65.2 Å². The molecule has 6 atom stereocenters. The predicted molar refractivity (Wildman–Crippen MR) is 121 cm³/mol. The van der Waals surface area contributed by atoms with Crippen LogP contribution in [0.25, 0.3) is 0 Å². The summed E-state index contributed by atoms with van der Waals surface area (Å²) in [5.41, 5.74) is 0.435. The Balaban J connectivity index is 1.45. The summed E-state index contributed by atoms with van der Waals surface area (Å²) >= 11 is 6.49. The second kappa shape index (κ2) is 8.80. The van der Waals surface area contributed by atoms with Gasteiger partial charge in [0.05, 0.1) is 23.2 Å². The highest BCUT2D eigenvalue weighted by Gasteiger charge is 2.41. The molecule has 0 radical (unpaired) electrons. The summed E-state index contributed by atoms with van der Waals surface area (Å²) in [6, 6.07) is 2.73. The maximum atomic E-state index is 15.0. The SMILES string of the molecule is C[C@H]1C[C@@H]2C[C@H](C1)CC(C)(COc1cc(F)c(N(C)[C@@H]3CCC[C@H]3C(=O)O)cc1Cl)C2. The smallest absolute Gasteiger partial charge is 0.308 e. The molecule has 1 unspecified atom stereocenters. The lowest BCUT2D eigenvalue weighted by atomic mass is 9.60. The van der Waals surface area contributed by atoms with E-state index < -0.39 is 17.7 Å². The average Bonchev–Trinajstić information content (AvgIpc) is 3.17. The quantitative estimate of drug-likeness (QED) is 0.543. The first-order chi connectivity index (χ1) is 14.6. The van der Waals surface area contributed by atoms with Crippen LogP contribution in [0, 0.1) is 34.9 Å². The van der Waals surface area contributed by atoms with Gasteiger partial charge in [-0.2, -0.15) is 0 Å². The van der Waals surface area contributed by atoms with Crippen LogP contribution in [-0.4, -0.2) is 30.8 Å². The first-order valence-corrected chi connectivity index (χ1v) is 12.1. The highest BCUT2D eigenvalue weighted by atomic mass is 35.5. The van der Waals surface area contributed by atoms with E-state index in [1.807, 2.05) is 0 Å². The van der Waals surface area contributed by atoms with E-state index >= 15 is 4.39 Å². The fourth-order valence-electron chi connectivity index (χ4n) is 6.85. The van der Waals surface area contributed by atoms with Crippen LogP contribution in [-0.2, 0) is 4.79 Å². The maximum Gasteiger partial charge on any atom is 0.308 e. The predicted octanol–water partition coefficient (Wildman–Crippen LogP) is 6.40. The van der Waals surface area contributed by atoms with Crippen molar-refractivity contribution in [3.05, 3.63) is 23.0 Å². The molecule has 3 aliphatic rings. The molecule has 6 heteroatoms. The number of benzene rings is 1. The molecule has 172 valence electrons. The van der Waals surface area contributed by atoms with Gasteiger partial charge in [0.15, 0.2) is 0 Å². The minimum Gasteiger partial charge on any atom is -0.491 e. The third kappa shape index (κ3) is 4.81. The molecule has 2 bridgehead atoms. The molecule has 1 aromatic rings. The van der Waals surface area contributed by atoms with E-state index in [-0.39, 0.29) is 11.5 Å². The Kier molecular flexibility index (Phi) is 6.44. The van der Waals surface area contributed by atoms with Gasteiger partial charge in [0.1, 0.15) is 11.6 Å². The van der Waals surface area contributed by atoms with Gasteiger partial charge in [-0.1, -0.05) is 31.9 Å². The second-order valence-corrected chi connectivity index (χ2v) is 11.2. The van der Waals surface area contributed by atoms with Crippen LogP contribution in [0.2, 0.25) is 5.02 Å². The Morgan fingerprint density at radius 2 is 1.94 bits per heavy atom. The van der Waals surface area contributed by atoms with Gasteiger partial charge in [-0.25, -0.2) is 4.39 Å². The molecule has 0 aromatic heterocycles. The van der Waals surface area contributed by atoms with Gasteiger partial charge < -0.3 is 14.7 Å². The van der Waals surface area contributed by atoms with E-state index in [9.17, 15) is 9.90 Å². The Hall–Kier alpha value is -1.49. The molecule has 31 heavy (non-hydrogen) atoms. The van der Waals surface area contributed by atoms with Crippen LogP contribution < -0.4 is 9.64 Å². The van der Waals surface area contributed by atoms with Crippen LogP contribution in [0.4, 0.5) is 10.1 Å². The molecule has 0 amide bonds. The molecule has 0 saturated heterocycles. The number of hydrogen-bond acceptors (Lipinski definition) is 3. The number of carbonyl (C=O) groups is 1. The van der Waals surface area contributed by atoms with Crippen molar-refractivity contribution in [2.24, 2.45) is 29.1 Å². The largest absolute Gasteiger partial charge is 0.491 e. The van der Waals surface area contributed by atoms with Gasteiger partial charge in [0.2, 0.25) is 0 Å². The van der Waals surface area contributed by atoms with Gasteiger partial charge in [-0.3, -0.25) is 4.79 Å². The number of nitrogens with zero attached hydrogens (tertiary/aromatic N) is 1. The number of carboxylic acids is 1. The van der Waals surface area contributed by atoms with Crippen molar-refractivity contribution in [3.63, 3.8) is 0 Å². The minimum absolute atomic E-state index is 0.0988. The molecule has 1 N–H and O–H groups in total. The van der Waals surface area contributed by atoms with Crippen molar-refractivity contribution >= 4 is 23.3 Å². The van der Waals surface area contributed by atoms with Crippen molar-refractivity contribution in [2.75, 3.05) is 18.6 Å². The van der Waals surface area contributed by atoms with Crippen LogP contribution in [0.5, 0.6) is 5.75 Å². The number of aliphatic carboxylic acids is 1. The summed E-state index contributed by atoms with van der Waals surface area (Å²) in [5, 5.41) is 9.85. The van der Waals surface area contributed by atoms with E-state index in [0.29, 0.717) is 29.5 Å². The molecule has 3 fully saturated rings. The summed E-state index contributed by atoms with van der Waals surface area (Å²) < 4.78 is 21.1. The topological polar surface area (TPSA) is 49.8 Å². The molecule has 3 saturated carbocycles. The molecule has 4 rings (SSSR count). The number of ether oxygens (including phenoxy) is 1. The summed E-state index contributed by atoms with van der Waals surface area (Å²) in [6.45, 7) is 5.21. The van der Waals surface area contributed by atoms with Crippen molar-refractivity contribution < 1.29 is 19.0 Å². The summed E-state index contributed by atoms with van der Waals surface area (Å²) in [5.74, 6) is 1.03. The molecule has 3 aliphatic carbocycles. The van der Waals surface area contributed by atoms with Crippen molar-refractivity contribution in [3.8, 4) is 5.75 Å². The van der Waals surface area contributed by atoms with Gasteiger partial charge in [0.25, 0.3) is 0 Å². The molecule has 1 aromatic carbocycles. The highest BCUT2D eigenvalue weighted by molar-refractivity contribution is 6.32. The third-order valence-corrected chi connectivity index (χ3v) is 8.25. The number of halogens is 2. The van der Waals surface area contributed by atoms with E-state index in [1.165, 1.54) is 25.3 Å². The molecular weight excluding hydrogens is 417 g/mol. The van der Waals surface area contributed by atoms with Crippen molar-refractivity contribution in [1.82, 2.24) is 0 Å². The lowest BCUT2D eigenvalue weighted by Gasteiger charge is -2.47. The van der Waals surface area contributed by atoms with Gasteiger partial charge in [0, 0.05) is 24.6 Å². The fourth-order valence-corrected chi connectivity index (χ4v) is 7.06. The average molecular weight is 452 g/mol. The maximum absolute atomic E-state index is 15.0. The zero-order valence-electron chi connectivity index (χ0n) is 18.9. The Bertz CT molecular complexity index is 813. The van der Waals surface area contributed by atoms with Gasteiger partial charge in [-0.15, -0.1) is 0 Å². The van der Waals surface area contributed by atoms with Crippen LogP contribution in [0.3, 0.4) is 0 Å². The van der Waals surface area contributed by atoms with E-state index in [1.54, 1.807) is 18.0 Å². The number of fused-ring (bicyclic) bond motifs is 2. The monoisotopic (exact) mass is 451 g/mol. The van der Waals surface area contributed by atoms with E-state index in [2.05, 4.69) is 13.8 Å². The first-order valence-electron chi connectivity index (χ1n) is 11.7. The standard InChI is InChI=1S/C25H35ClFNO3/c1-15-7-16-9-17(8-15)13-25(2,12-16)14-31-23-11-20(27)22(10-19(23)26)28(3)21-6-4-5-18(21)24(29)30/h10-11,15-18,21H,4-9,12-14H2,1-3H3,(H,29,30)/t15-,16+,17-,18-,21-,25?/m1/s1. The molecule has 0 heterocycles. The summed E-state index contributed by atoms with van der Waals surface area (Å²) in [6.07, 6.45) is 8.47. The molecule has 0 spiro atoms. The zero-order valence-corrected chi connectivity index (χ0v) is 19.6. The third-order valence-electron chi connectivity index (χ3n) is 7.95. The fraction of sp³-hybridized carbons (Fsp3) is 0.720. The molecule has 4 nitrogen and oxygen atoms in total. The number of carboxylic acid groups (broad SMARTS) is 1. The molecular formula is C25H35ClFNO3. The second-order valence-electron chi connectivity index (χ2n) is 10.8. The van der Waals surface area contributed by atoms with Gasteiger partial charge in [-0.05, 0) is 68.8 Å². The Morgan fingerprint density at radius 3 is 2.58 bits per heavy atom. The van der Waals surface area contributed by atoms with Crippen LogP contribution in [0.15, 0.2) is 12.1 Å². The first kappa shape index (κ1) is 22.7. The Morgan fingerprint density at radius 1 is 1.26 bits per heavy atom. The summed E-state index contributed by atoms with van der Waals surface area (Å²) in [7, 11) is 1.75. The molecule has 0 aliphatic heterocycles. The Labute approximate surface area is 190 Å². The zero-order chi connectivity index (χ0) is 22.3. The summed E-state index contributed by atoms with van der Waals surface area (Å²) in [4.78, 5) is 13.3. The lowest BCUT2D eigenvalue weighted by molar-refractivity contribution is -0.141. The minimum atomic E-state index is -0.819. The lowest BCUT2D eigenvalue weighted by Crippen LogP contribution is -2.39. The number of anilines is 1. The van der Waals surface area contributed by atoms with Crippen molar-refractivity contribution in [2.45, 2.75) is 71.3 Å². The normalized spacial score (nSPS) is 35.1. The van der Waals surface area contributed by atoms with Crippen molar-refractivity contribution in [1.29, 1.82) is 0 Å². The number of rotatable bonds is 6. The highest BCUT2D eigenvalue weighted by Crippen LogP contribution is 2.50. The number of hydrogen-bond donors (Lipinski definition) is 1. The van der Waals surface area contributed by atoms with E-state index in [4.69, 9.17) is 16.3 Å². The van der Waals surface area contributed by atoms with Gasteiger partial charge >= 0.3 is 5.97 Å².